The summed E-state index contributed by atoms with van der Waals surface area (Å²) in [6, 6.07) is 0.464. The monoisotopic (exact) mass is 254 g/mol. The normalized spacial score (nSPS) is 22.9. The first-order chi connectivity index (χ1) is 8.74. The summed E-state index contributed by atoms with van der Waals surface area (Å²) in [5.41, 5.74) is 0. The molecular weight excluding hydrogens is 228 g/mol. The molecule has 1 saturated carbocycles. The van der Waals surface area contributed by atoms with Gasteiger partial charge in [-0.25, -0.2) is 0 Å². The highest BCUT2D eigenvalue weighted by Gasteiger charge is 2.36. The fraction of sp³-hybridized carbons (Fsp3) is 0.929. The molecule has 1 unspecified atom stereocenters. The summed E-state index contributed by atoms with van der Waals surface area (Å²) in [6.45, 7) is 4.61. The Morgan fingerprint density at radius 3 is 2.39 bits per heavy atom. The van der Waals surface area contributed by atoms with Crippen molar-refractivity contribution in [3.05, 3.63) is 0 Å². The third-order valence-electron chi connectivity index (χ3n) is 4.15. The second-order valence-electron chi connectivity index (χ2n) is 5.61. The fourth-order valence-electron chi connectivity index (χ4n) is 2.91. The van der Waals surface area contributed by atoms with E-state index in [1.165, 1.54) is 25.7 Å². The average molecular weight is 254 g/mol. The van der Waals surface area contributed by atoms with E-state index in [2.05, 4.69) is 4.90 Å². The molecule has 2 aliphatic rings. The van der Waals surface area contributed by atoms with Crippen LogP contribution in [0.5, 0.6) is 0 Å². The molecule has 1 saturated heterocycles. The molecule has 1 aliphatic heterocycles. The lowest BCUT2D eigenvalue weighted by Crippen LogP contribution is -2.49. The molecule has 1 amide bonds. The maximum Gasteiger partial charge on any atom is 0.239 e. The number of nitrogens with zero attached hydrogens (tertiary/aromatic N) is 2. The molecule has 0 radical (unpaired) electrons. The van der Waals surface area contributed by atoms with Gasteiger partial charge in [0.25, 0.3) is 0 Å². The topological polar surface area (TPSA) is 43.8 Å². The lowest BCUT2D eigenvalue weighted by Gasteiger charge is -2.32. The Hall–Kier alpha value is -0.610. The van der Waals surface area contributed by atoms with Gasteiger partial charge >= 0.3 is 0 Å². The largest absolute Gasteiger partial charge is 0.395 e. The highest BCUT2D eigenvalue weighted by atomic mass is 16.3. The minimum absolute atomic E-state index is 0.0669. The number of likely N-dealkylation sites (tertiary alicyclic amines) is 1. The van der Waals surface area contributed by atoms with Crippen LogP contribution in [0.15, 0.2) is 0 Å². The third-order valence-corrected chi connectivity index (χ3v) is 4.15. The minimum Gasteiger partial charge on any atom is -0.395 e. The predicted octanol–water partition coefficient (Wildman–Crippen LogP) is 1.23. The smallest absolute Gasteiger partial charge is 0.239 e. The van der Waals surface area contributed by atoms with Crippen molar-refractivity contribution in [2.45, 2.75) is 57.5 Å². The molecule has 0 aromatic heterocycles. The molecule has 2 rings (SSSR count). The lowest BCUT2D eigenvalue weighted by molar-refractivity contribution is -0.136. The van der Waals surface area contributed by atoms with Crippen molar-refractivity contribution in [1.82, 2.24) is 9.80 Å². The van der Waals surface area contributed by atoms with Gasteiger partial charge in [-0.1, -0.05) is 12.8 Å². The summed E-state index contributed by atoms with van der Waals surface area (Å²) in [5, 5.41) is 9.13. The van der Waals surface area contributed by atoms with Crippen molar-refractivity contribution in [3.8, 4) is 0 Å². The van der Waals surface area contributed by atoms with Gasteiger partial charge in [0.15, 0.2) is 0 Å². The van der Waals surface area contributed by atoms with Gasteiger partial charge in [0, 0.05) is 25.7 Å². The van der Waals surface area contributed by atoms with E-state index >= 15 is 0 Å². The zero-order valence-corrected chi connectivity index (χ0v) is 11.5. The van der Waals surface area contributed by atoms with Gasteiger partial charge in [0.1, 0.15) is 0 Å². The van der Waals surface area contributed by atoms with E-state index < -0.39 is 0 Å². The molecule has 4 nitrogen and oxygen atoms in total. The van der Waals surface area contributed by atoms with E-state index in [4.69, 9.17) is 5.11 Å². The van der Waals surface area contributed by atoms with Gasteiger partial charge in [0.05, 0.1) is 12.6 Å². The van der Waals surface area contributed by atoms with Gasteiger partial charge in [-0.15, -0.1) is 0 Å². The molecule has 1 N–H and O–H groups in total. The molecule has 1 atom stereocenters. The standard InChI is InChI=1S/C14H26N2O2/c1-12(16(10-11-17)13-6-7-13)14(18)15-8-4-2-3-5-9-15/h12-13,17H,2-11H2,1H3. The van der Waals surface area contributed by atoms with Crippen LogP contribution in [0.4, 0.5) is 0 Å². The van der Waals surface area contributed by atoms with Crippen LogP contribution in [0.3, 0.4) is 0 Å². The maximum atomic E-state index is 12.5. The Labute approximate surface area is 110 Å². The second-order valence-corrected chi connectivity index (χ2v) is 5.61. The van der Waals surface area contributed by atoms with Crippen LogP contribution in [-0.2, 0) is 4.79 Å². The number of hydrogen-bond acceptors (Lipinski definition) is 3. The molecule has 4 heteroatoms. The molecule has 104 valence electrons. The number of rotatable bonds is 5. The van der Waals surface area contributed by atoms with Crippen molar-refractivity contribution in [2.24, 2.45) is 0 Å². The van der Waals surface area contributed by atoms with Crippen molar-refractivity contribution >= 4 is 5.91 Å². The molecule has 0 aromatic rings. The Balaban J connectivity index is 1.92. The molecule has 0 spiro atoms. The molecule has 1 aliphatic carbocycles. The SMILES string of the molecule is CC(C(=O)N1CCCCCC1)N(CCO)C1CC1. The van der Waals surface area contributed by atoms with Crippen LogP contribution in [0.25, 0.3) is 0 Å². The van der Waals surface area contributed by atoms with E-state index in [-0.39, 0.29) is 18.6 Å². The van der Waals surface area contributed by atoms with Crippen molar-refractivity contribution in [2.75, 3.05) is 26.2 Å². The average Bonchev–Trinajstić information content (AvgIpc) is 3.19. The van der Waals surface area contributed by atoms with Crippen molar-refractivity contribution in [1.29, 1.82) is 0 Å². The number of amides is 1. The molecular formula is C14H26N2O2. The summed E-state index contributed by atoms with van der Waals surface area (Å²) in [4.78, 5) is 16.7. The third kappa shape index (κ3) is 3.45. The van der Waals surface area contributed by atoms with E-state index in [9.17, 15) is 4.79 Å². The van der Waals surface area contributed by atoms with Gasteiger partial charge < -0.3 is 10.0 Å². The first-order valence-corrected chi connectivity index (χ1v) is 7.39. The van der Waals surface area contributed by atoms with Crippen LogP contribution in [0, 0.1) is 0 Å². The summed E-state index contributed by atoms with van der Waals surface area (Å²) in [6.07, 6.45) is 7.14. The van der Waals surface area contributed by atoms with Crippen LogP contribution in [0.1, 0.15) is 45.4 Å². The lowest BCUT2D eigenvalue weighted by atomic mass is 10.2. The van der Waals surface area contributed by atoms with Crippen LogP contribution < -0.4 is 0 Å². The molecule has 2 fully saturated rings. The second kappa shape index (κ2) is 6.53. The van der Waals surface area contributed by atoms with Crippen molar-refractivity contribution < 1.29 is 9.90 Å². The van der Waals surface area contributed by atoms with Gasteiger partial charge in [-0.05, 0) is 32.6 Å². The number of carbonyl (C=O) groups is 1. The Morgan fingerprint density at radius 1 is 1.28 bits per heavy atom. The fourth-order valence-corrected chi connectivity index (χ4v) is 2.91. The zero-order valence-electron chi connectivity index (χ0n) is 11.5. The molecule has 1 heterocycles. The van der Waals surface area contributed by atoms with Gasteiger partial charge in [-0.2, -0.15) is 0 Å². The highest BCUT2D eigenvalue weighted by Crippen LogP contribution is 2.29. The quantitative estimate of drug-likeness (QED) is 0.802. The van der Waals surface area contributed by atoms with Gasteiger partial charge in [0.2, 0.25) is 5.91 Å². The highest BCUT2D eigenvalue weighted by molar-refractivity contribution is 5.81. The number of aliphatic hydroxyl groups is 1. The van der Waals surface area contributed by atoms with Crippen molar-refractivity contribution in [3.63, 3.8) is 0 Å². The summed E-state index contributed by atoms with van der Waals surface area (Å²) < 4.78 is 0. The van der Waals surface area contributed by atoms with Gasteiger partial charge in [-0.3, -0.25) is 9.69 Å². The zero-order chi connectivity index (χ0) is 13.0. The first-order valence-electron chi connectivity index (χ1n) is 7.39. The maximum absolute atomic E-state index is 12.5. The minimum atomic E-state index is -0.0669. The summed E-state index contributed by atoms with van der Waals surface area (Å²) in [7, 11) is 0. The summed E-state index contributed by atoms with van der Waals surface area (Å²) in [5.74, 6) is 0.261. The Kier molecular flexibility index (Phi) is 5.01. The first kappa shape index (κ1) is 13.8. The predicted molar refractivity (Wildman–Crippen MR) is 71.3 cm³/mol. The molecule has 0 bridgehead atoms. The van der Waals surface area contributed by atoms with E-state index in [1.54, 1.807) is 0 Å². The summed E-state index contributed by atoms with van der Waals surface area (Å²) >= 11 is 0. The Morgan fingerprint density at radius 2 is 1.89 bits per heavy atom. The molecule has 18 heavy (non-hydrogen) atoms. The van der Waals surface area contributed by atoms with Crippen LogP contribution in [-0.4, -0.2) is 59.1 Å². The number of carbonyl (C=O) groups excluding carboxylic acids is 1. The molecule has 0 aromatic carbocycles. The van der Waals surface area contributed by atoms with E-state index in [0.717, 1.165) is 25.9 Å². The van der Waals surface area contributed by atoms with E-state index in [1.807, 2.05) is 11.8 Å². The number of aliphatic hydroxyl groups excluding tert-OH is 1. The number of hydrogen-bond donors (Lipinski definition) is 1. The van der Waals surface area contributed by atoms with Crippen LogP contribution in [0.2, 0.25) is 0 Å². The van der Waals surface area contributed by atoms with Crippen LogP contribution >= 0.6 is 0 Å². The Bertz CT molecular complexity index is 271. The van der Waals surface area contributed by atoms with E-state index in [0.29, 0.717) is 12.6 Å².